The molecule has 0 aliphatic carbocycles. The number of rotatable bonds is 4. The highest BCUT2D eigenvalue weighted by Crippen LogP contribution is 2.34. The van der Waals surface area contributed by atoms with Gasteiger partial charge in [0.15, 0.2) is 0 Å². The molecule has 1 fully saturated rings. The Morgan fingerprint density at radius 2 is 2.12 bits per heavy atom. The quantitative estimate of drug-likeness (QED) is 0.568. The van der Waals surface area contributed by atoms with Gasteiger partial charge in [0, 0.05) is 37.0 Å². The third-order valence-corrected chi connectivity index (χ3v) is 5.46. The van der Waals surface area contributed by atoms with E-state index in [9.17, 15) is 10.1 Å². The SMILES string of the molecule is O=[N+]([O-])c1cccnc1N1CCC(c2cc(-c3cccs3)n[nH]2)CC1. The molecule has 25 heavy (non-hydrogen) atoms. The first kappa shape index (κ1) is 15.8. The summed E-state index contributed by atoms with van der Waals surface area (Å²) in [5.74, 6) is 0.857. The molecule has 1 aliphatic rings. The lowest BCUT2D eigenvalue weighted by Gasteiger charge is -2.31. The molecule has 1 aliphatic heterocycles. The van der Waals surface area contributed by atoms with Crippen LogP contribution >= 0.6 is 11.3 Å². The number of nitrogens with one attached hydrogen (secondary N) is 1. The van der Waals surface area contributed by atoms with E-state index in [2.05, 4.69) is 27.3 Å². The van der Waals surface area contributed by atoms with Gasteiger partial charge in [-0.25, -0.2) is 4.98 Å². The van der Waals surface area contributed by atoms with Crippen molar-refractivity contribution in [3.63, 3.8) is 0 Å². The van der Waals surface area contributed by atoms with Crippen molar-refractivity contribution in [1.82, 2.24) is 15.2 Å². The van der Waals surface area contributed by atoms with Crippen molar-refractivity contribution in [3.8, 4) is 10.6 Å². The molecule has 0 spiro atoms. The van der Waals surface area contributed by atoms with Gasteiger partial charge < -0.3 is 4.90 Å². The van der Waals surface area contributed by atoms with Gasteiger partial charge in [-0.05, 0) is 36.4 Å². The molecule has 3 aromatic heterocycles. The second-order valence-electron chi connectivity index (χ2n) is 6.05. The highest BCUT2D eigenvalue weighted by molar-refractivity contribution is 7.13. The number of anilines is 1. The van der Waals surface area contributed by atoms with E-state index in [1.165, 1.54) is 6.07 Å². The maximum atomic E-state index is 11.2. The predicted molar refractivity (Wildman–Crippen MR) is 97.0 cm³/mol. The lowest BCUT2D eigenvalue weighted by atomic mass is 9.93. The van der Waals surface area contributed by atoms with Gasteiger partial charge >= 0.3 is 5.69 Å². The fraction of sp³-hybridized carbons (Fsp3) is 0.294. The van der Waals surface area contributed by atoms with Crippen molar-refractivity contribution in [2.75, 3.05) is 18.0 Å². The van der Waals surface area contributed by atoms with Crippen LogP contribution in [0.3, 0.4) is 0 Å². The molecular formula is C17H17N5O2S. The van der Waals surface area contributed by atoms with Crippen LogP contribution in [0.1, 0.15) is 24.5 Å². The lowest BCUT2D eigenvalue weighted by Crippen LogP contribution is -2.34. The molecule has 4 rings (SSSR count). The zero-order valence-corrected chi connectivity index (χ0v) is 14.3. The van der Waals surface area contributed by atoms with Crippen LogP contribution in [0.2, 0.25) is 0 Å². The number of aromatic amines is 1. The van der Waals surface area contributed by atoms with Gasteiger partial charge in [-0.15, -0.1) is 11.3 Å². The largest absolute Gasteiger partial charge is 0.351 e. The minimum absolute atomic E-state index is 0.0717. The van der Waals surface area contributed by atoms with Crippen LogP contribution in [0, 0.1) is 10.1 Å². The molecule has 0 saturated carbocycles. The Labute approximate surface area is 148 Å². The Morgan fingerprint density at radius 3 is 2.84 bits per heavy atom. The van der Waals surface area contributed by atoms with Crippen molar-refractivity contribution in [2.45, 2.75) is 18.8 Å². The average molecular weight is 355 g/mol. The summed E-state index contributed by atoms with van der Waals surface area (Å²) in [6, 6.07) is 9.32. The minimum Gasteiger partial charge on any atom is -0.351 e. The van der Waals surface area contributed by atoms with Gasteiger partial charge in [0.1, 0.15) is 5.69 Å². The average Bonchev–Trinajstić information content (AvgIpc) is 3.33. The summed E-state index contributed by atoms with van der Waals surface area (Å²) in [4.78, 5) is 18.2. The number of hydrogen-bond donors (Lipinski definition) is 1. The molecule has 1 N–H and O–H groups in total. The first-order chi connectivity index (χ1) is 12.2. The highest BCUT2D eigenvalue weighted by atomic mass is 32.1. The summed E-state index contributed by atoms with van der Waals surface area (Å²) in [6.45, 7) is 1.49. The fourth-order valence-corrected chi connectivity index (χ4v) is 3.96. The Morgan fingerprint density at radius 1 is 1.28 bits per heavy atom. The number of pyridine rings is 1. The molecule has 0 amide bonds. The van der Waals surface area contributed by atoms with Crippen LogP contribution in [0.4, 0.5) is 11.5 Å². The van der Waals surface area contributed by atoms with Crippen molar-refractivity contribution in [3.05, 3.63) is 57.7 Å². The van der Waals surface area contributed by atoms with Crippen LogP contribution < -0.4 is 4.90 Å². The van der Waals surface area contributed by atoms with E-state index in [0.717, 1.165) is 42.2 Å². The van der Waals surface area contributed by atoms with E-state index < -0.39 is 0 Å². The maximum absolute atomic E-state index is 11.2. The van der Waals surface area contributed by atoms with Gasteiger partial charge in [0.2, 0.25) is 5.82 Å². The number of thiophene rings is 1. The number of nitro groups is 1. The number of piperidine rings is 1. The Hall–Kier alpha value is -2.74. The van der Waals surface area contributed by atoms with Gasteiger partial charge in [-0.1, -0.05) is 6.07 Å². The standard InChI is InChI=1S/C17H17N5O2S/c23-22(24)15-3-1-7-18-17(15)21-8-5-12(6-9-21)13-11-14(20-19-13)16-4-2-10-25-16/h1-4,7,10-12H,5-6,8-9H2,(H,19,20). The molecule has 4 heterocycles. The predicted octanol–water partition coefficient (Wildman–Crippen LogP) is 3.83. The molecule has 0 aromatic carbocycles. The molecule has 8 heteroatoms. The van der Waals surface area contributed by atoms with Crippen LogP contribution in [0.25, 0.3) is 10.6 Å². The van der Waals surface area contributed by atoms with Crippen LogP contribution in [0.5, 0.6) is 0 Å². The normalized spacial score (nSPS) is 15.4. The van der Waals surface area contributed by atoms with Crippen LogP contribution in [-0.2, 0) is 0 Å². The summed E-state index contributed by atoms with van der Waals surface area (Å²) in [5, 5.41) is 20.8. The van der Waals surface area contributed by atoms with Gasteiger partial charge in [0.25, 0.3) is 0 Å². The maximum Gasteiger partial charge on any atom is 0.311 e. The molecule has 0 atom stereocenters. The van der Waals surface area contributed by atoms with E-state index in [4.69, 9.17) is 0 Å². The fourth-order valence-electron chi connectivity index (χ4n) is 3.27. The molecular weight excluding hydrogens is 338 g/mol. The summed E-state index contributed by atoms with van der Waals surface area (Å²) in [5.41, 5.74) is 2.19. The summed E-state index contributed by atoms with van der Waals surface area (Å²) in [7, 11) is 0. The highest BCUT2D eigenvalue weighted by Gasteiger charge is 2.27. The lowest BCUT2D eigenvalue weighted by molar-refractivity contribution is -0.384. The van der Waals surface area contributed by atoms with Crippen molar-refractivity contribution in [2.24, 2.45) is 0 Å². The van der Waals surface area contributed by atoms with E-state index in [0.29, 0.717) is 11.7 Å². The van der Waals surface area contributed by atoms with E-state index in [-0.39, 0.29) is 10.6 Å². The monoisotopic (exact) mass is 355 g/mol. The van der Waals surface area contributed by atoms with Gasteiger partial charge in [-0.3, -0.25) is 15.2 Å². The Balaban J connectivity index is 1.46. The van der Waals surface area contributed by atoms with Crippen LogP contribution in [0.15, 0.2) is 41.9 Å². The summed E-state index contributed by atoms with van der Waals surface area (Å²) < 4.78 is 0. The minimum atomic E-state index is -0.364. The molecule has 128 valence electrons. The first-order valence-electron chi connectivity index (χ1n) is 8.16. The molecule has 7 nitrogen and oxygen atoms in total. The van der Waals surface area contributed by atoms with Gasteiger partial charge in [0.05, 0.1) is 9.80 Å². The Bertz CT molecular complexity index is 869. The number of hydrogen-bond acceptors (Lipinski definition) is 6. The molecule has 0 radical (unpaired) electrons. The third-order valence-electron chi connectivity index (χ3n) is 4.57. The first-order valence-corrected chi connectivity index (χ1v) is 9.04. The van der Waals surface area contributed by atoms with Crippen LogP contribution in [-0.4, -0.2) is 33.2 Å². The van der Waals surface area contributed by atoms with E-state index in [1.54, 1.807) is 23.6 Å². The molecule has 0 bridgehead atoms. The van der Waals surface area contributed by atoms with Crippen molar-refractivity contribution >= 4 is 22.8 Å². The summed E-state index contributed by atoms with van der Waals surface area (Å²) in [6.07, 6.45) is 3.44. The van der Waals surface area contributed by atoms with E-state index >= 15 is 0 Å². The van der Waals surface area contributed by atoms with Gasteiger partial charge in [-0.2, -0.15) is 5.10 Å². The van der Waals surface area contributed by atoms with Crippen molar-refractivity contribution in [1.29, 1.82) is 0 Å². The second kappa shape index (κ2) is 6.64. The topological polar surface area (TPSA) is 87.9 Å². The Kier molecular flexibility index (Phi) is 4.19. The third kappa shape index (κ3) is 3.12. The zero-order chi connectivity index (χ0) is 17.2. The number of nitrogens with zero attached hydrogens (tertiary/aromatic N) is 4. The number of H-pyrrole nitrogens is 1. The molecule has 3 aromatic rings. The van der Waals surface area contributed by atoms with E-state index in [1.807, 2.05) is 16.3 Å². The molecule has 1 saturated heterocycles. The number of aromatic nitrogens is 3. The molecule has 0 unspecified atom stereocenters. The summed E-state index contributed by atoms with van der Waals surface area (Å²) >= 11 is 1.68. The van der Waals surface area contributed by atoms with Crippen molar-refractivity contribution < 1.29 is 4.92 Å². The smallest absolute Gasteiger partial charge is 0.311 e. The second-order valence-corrected chi connectivity index (χ2v) is 7.00. The zero-order valence-electron chi connectivity index (χ0n) is 13.5.